The van der Waals surface area contributed by atoms with E-state index in [0.29, 0.717) is 11.4 Å². The van der Waals surface area contributed by atoms with E-state index in [9.17, 15) is 9.90 Å². The van der Waals surface area contributed by atoms with E-state index in [2.05, 4.69) is 15.2 Å². The van der Waals surface area contributed by atoms with Gasteiger partial charge in [0.05, 0.1) is 0 Å². The number of aliphatic hydroxyl groups excluding tert-OH is 1. The molecule has 1 aromatic carbocycles. The normalized spacial score (nSPS) is 11.4. The smallest absolute Gasteiger partial charge is 0.215 e. The Morgan fingerprint density at radius 3 is 2.78 bits per heavy atom. The second-order valence-electron chi connectivity index (χ2n) is 4.54. The van der Waals surface area contributed by atoms with Crippen LogP contribution in [-0.2, 0) is 0 Å². The van der Waals surface area contributed by atoms with Gasteiger partial charge < -0.3 is 20.0 Å². The molecular weight excluding hydrogens is 300 g/mol. The number of allylic oxidation sites excluding steroid dienone is 1. The topological polar surface area (TPSA) is 127 Å². The molecule has 0 aliphatic heterocycles. The third-order valence-corrected chi connectivity index (χ3v) is 2.91. The van der Waals surface area contributed by atoms with E-state index in [1.165, 1.54) is 18.9 Å². The van der Waals surface area contributed by atoms with E-state index in [-0.39, 0.29) is 22.9 Å². The molecule has 0 saturated heterocycles. The van der Waals surface area contributed by atoms with Gasteiger partial charge in [0.1, 0.15) is 30.2 Å². The Hall–Kier alpha value is -3.55. The summed E-state index contributed by atoms with van der Waals surface area (Å²) >= 11 is 0. The van der Waals surface area contributed by atoms with Gasteiger partial charge in [-0.25, -0.2) is 4.98 Å². The molecule has 0 fully saturated rings. The van der Waals surface area contributed by atoms with Crippen LogP contribution in [0.2, 0.25) is 0 Å². The van der Waals surface area contributed by atoms with Crippen LogP contribution in [0.15, 0.2) is 53.6 Å². The van der Waals surface area contributed by atoms with Crippen LogP contribution in [-0.4, -0.2) is 26.1 Å². The standard InChI is InChI=1S/C15H12N4O4/c16-9-1-3-10(4-2-9)23-14-7-22-6-11(14)12(20)5-13(21)15-17-8-18-19-15/h1-8,21H,16H2,(H,17,18,19). The van der Waals surface area contributed by atoms with Crippen LogP contribution in [0.1, 0.15) is 16.2 Å². The number of aliphatic hydroxyl groups is 1. The summed E-state index contributed by atoms with van der Waals surface area (Å²) in [5.41, 5.74) is 6.36. The second kappa shape index (κ2) is 6.06. The molecule has 0 bridgehead atoms. The molecule has 0 saturated carbocycles. The molecule has 3 rings (SSSR count). The van der Waals surface area contributed by atoms with E-state index in [1.54, 1.807) is 24.3 Å². The van der Waals surface area contributed by atoms with Crippen LogP contribution in [0.25, 0.3) is 5.76 Å². The Morgan fingerprint density at radius 1 is 1.30 bits per heavy atom. The maximum absolute atomic E-state index is 12.2. The molecule has 116 valence electrons. The van der Waals surface area contributed by atoms with Crippen LogP contribution in [0, 0.1) is 0 Å². The fraction of sp³-hybridized carbons (Fsp3) is 0. The molecule has 4 N–H and O–H groups in total. The summed E-state index contributed by atoms with van der Waals surface area (Å²) in [5.74, 6) is -0.138. The zero-order valence-electron chi connectivity index (χ0n) is 11.8. The van der Waals surface area contributed by atoms with Crippen molar-refractivity contribution < 1.29 is 19.1 Å². The average molecular weight is 312 g/mol. The number of carbonyl (C=O) groups excluding carboxylic acids is 1. The molecule has 2 heterocycles. The van der Waals surface area contributed by atoms with Gasteiger partial charge >= 0.3 is 0 Å². The first-order chi connectivity index (χ1) is 11.1. The maximum Gasteiger partial charge on any atom is 0.215 e. The molecule has 8 heteroatoms. The summed E-state index contributed by atoms with van der Waals surface area (Å²) in [6.45, 7) is 0. The number of nitrogen functional groups attached to an aromatic ring is 1. The lowest BCUT2D eigenvalue weighted by atomic mass is 10.2. The zero-order valence-corrected chi connectivity index (χ0v) is 11.8. The van der Waals surface area contributed by atoms with Crippen molar-refractivity contribution in [3.8, 4) is 11.5 Å². The minimum absolute atomic E-state index is 0.0165. The number of carbonyl (C=O) groups is 1. The van der Waals surface area contributed by atoms with Gasteiger partial charge in [-0.05, 0) is 24.3 Å². The SMILES string of the molecule is Nc1ccc(Oc2cocc2C(=O)C=C(O)c2nc[nH]n2)cc1. The molecule has 3 aromatic rings. The first-order valence-corrected chi connectivity index (χ1v) is 6.54. The van der Waals surface area contributed by atoms with Crippen molar-refractivity contribution >= 4 is 17.2 Å². The molecule has 0 unspecified atom stereocenters. The highest BCUT2D eigenvalue weighted by atomic mass is 16.5. The van der Waals surface area contributed by atoms with Crippen LogP contribution in [0.4, 0.5) is 5.69 Å². The van der Waals surface area contributed by atoms with Gasteiger partial charge in [0, 0.05) is 11.8 Å². The number of anilines is 1. The molecule has 2 aromatic heterocycles. The van der Waals surface area contributed by atoms with Crippen molar-refractivity contribution in [2.45, 2.75) is 0 Å². The third-order valence-electron chi connectivity index (χ3n) is 2.91. The van der Waals surface area contributed by atoms with Gasteiger partial charge in [-0.2, -0.15) is 5.10 Å². The number of hydrogen-bond donors (Lipinski definition) is 3. The first-order valence-electron chi connectivity index (χ1n) is 6.54. The minimum Gasteiger partial charge on any atom is -0.504 e. The van der Waals surface area contributed by atoms with E-state index < -0.39 is 5.78 Å². The number of rotatable bonds is 5. The highest BCUT2D eigenvalue weighted by Crippen LogP contribution is 2.28. The predicted octanol–water partition coefficient (Wildman–Crippen LogP) is 2.55. The molecule has 0 aliphatic rings. The molecule has 8 nitrogen and oxygen atoms in total. The van der Waals surface area contributed by atoms with Crippen molar-refractivity contribution in [3.05, 3.63) is 60.6 Å². The number of benzene rings is 1. The number of aromatic amines is 1. The third kappa shape index (κ3) is 3.21. The number of nitrogens with zero attached hydrogens (tertiary/aromatic N) is 2. The summed E-state index contributed by atoms with van der Waals surface area (Å²) in [6, 6.07) is 6.67. The van der Waals surface area contributed by atoms with E-state index in [4.69, 9.17) is 14.9 Å². The Kier molecular flexibility index (Phi) is 3.79. The van der Waals surface area contributed by atoms with Crippen LogP contribution >= 0.6 is 0 Å². The highest BCUT2D eigenvalue weighted by Gasteiger charge is 2.16. The first kappa shape index (κ1) is 14.4. The van der Waals surface area contributed by atoms with Gasteiger partial charge in [0.2, 0.25) is 5.82 Å². The number of hydrogen-bond acceptors (Lipinski definition) is 7. The number of furan rings is 1. The number of nitrogens with two attached hydrogens (primary N) is 1. The summed E-state index contributed by atoms with van der Waals surface area (Å²) < 4.78 is 10.6. The fourth-order valence-electron chi connectivity index (χ4n) is 1.81. The maximum atomic E-state index is 12.2. The van der Waals surface area contributed by atoms with Crippen molar-refractivity contribution in [1.82, 2.24) is 15.2 Å². The Bertz CT molecular complexity index is 835. The monoisotopic (exact) mass is 312 g/mol. The van der Waals surface area contributed by atoms with E-state index in [1.807, 2.05) is 0 Å². The van der Waals surface area contributed by atoms with Crippen LogP contribution in [0.5, 0.6) is 11.5 Å². The van der Waals surface area contributed by atoms with Gasteiger partial charge in [-0.3, -0.25) is 9.89 Å². The van der Waals surface area contributed by atoms with Crippen molar-refractivity contribution in [1.29, 1.82) is 0 Å². The number of ketones is 1. The van der Waals surface area contributed by atoms with Crippen LogP contribution < -0.4 is 10.5 Å². The second-order valence-corrected chi connectivity index (χ2v) is 4.54. The number of nitrogens with one attached hydrogen (secondary N) is 1. The molecule has 0 amide bonds. The van der Waals surface area contributed by atoms with E-state index in [0.717, 1.165) is 6.08 Å². The summed E-state index contributed by atoms with van der Waals surface area (Å²) in [7, 11) is 0. The lowest BCUT2D eigenvalue weighted by Gasteiger charge is -2.04. The van der Waals surface area contributed by atoms with E-state index >= 15 is 0 Å². The molecule has 0 aliphatic carbocycles. The van der Waals surface area contributed by atoms with Crippen molar-refractivity contribution in [3.63, 3.8) is 0 Å². The van der Waals surface area contributed by atoms with Gasteiger partial charge in [0.25, 0.3) is 0 Å². The van der Waals surface area contributed by atoms with Crippen molar-refractivity contribution in [2.75, 3.05) is 5.73 Å². The molecule has 0 spiro atoms. The number of H-pyrrole nitrogens is 1. The predicted molar refractivity (Wildman–Crippen MR) is 81.0 cm³/mol. The lowest BCUT2D eigenvalue weighted by molar-refractivity contribution is 0.104. The highest BCUT2D eigenvalue weighted by molar-refractivity contribution is 6.09. The summed E-state index contributed by atoms with van der Waals surface area (Å²) in [6.07, 6.45) is 4.80. The zero-order chi connectivity index (χ0) is 16.2. The molecule has 0 atom stereocenters. The van der Waals surface area contributed by atoms with Crippen molar-refractivity contribution in [2.24, 2.45) is 0 Å². The van der Waals surface area contributed by atoms with Gasteiger partial charge in [-0.1, -0.05) is 0 Å². The van der Waals surface area contributed by atoms with Crippen LogP contribution in [0.3, 0.4) is 0 Å². The van der Waals surface area contributed by atoms with Gasteiger partial charge in [-0.15, -0.1) is 0 Å². The molecular formula is C15H12N4O4. The quantitative estimate of drug-likeness (QED) is 0.286. The number of aromatic nitrogens is 3. The minimum atomic E-state index is -0.508. The molecule has 23 heavy (non-hydrogen) atoms. The Labute approximate surface area is 130 Å². The summed E-state index contributed by atoms with van der Waals surface area (Å²) in [4.78, 5) is 16.0. The average Bonchev–Trinajstić information content (AvgIpc) is 3.20. The number of ether oxygens (including phenoxy) is 1. The summed E-state index contributed by atoms with van der Waals surface area (Å²) in [5, 5.41) is 15.9. The Morgan fingerprint density at radius 2 is 2.09 bits per heavy atom. The fourth-order valence-corrected chi connectivity index (χ4v) is 1.81. The lowest BCUT2D eigenvalue weighted by Crippen LogP contribution is -1.98. The largest absolute Gasteiger partial charge is 0.504 e. The Balaban J connectivity index is 1.81. The van der Waals surface area contributed by atoms with Gasteiger partial charge in [0.15, 0.2) is 17.3 Å². The molecule has 0 radical (unpaired) electrons.